The van der Waals surface area contributed by atoms with Crippen molar-refractivity contribution in [3.63, 3.8) is 0 Å². The summed E-state index contributed by atoms with van der Waals surface area (Å²) >= 11 is 0. The number of hydrogen-bond acceptors (Lipinski definition) is 2. The number of hydrogen-bond donors (Lipinski definition) is 2. The van der Waals surface area contributed by atoms with E-state index in [1.807, 2.05) is 6.92 Å². The van der Waals surface area contributed by atoms with Crippen LogP contribution in [0.25, 0.3) is 0 Å². The molecule has 0 radical (unpaired) electrons. The Labute approximate surface area is 109 Å². The molecule has 1 saturated carbocycles. The van der Waals surface area contributed by atoms with Gasteiger partial charge in [0, 0.05) is 13.1 Å². The largest absolute Gasteiger partial charge is 0.356 e. The van der Waals surface area contributed by atoms with Crippen molar-refractivity contribution in [2.45, 2.75) is 32.1 Å². The van der Waals surface area contributed by atoms with E-state index in [0.29, 0.717) is 13.1 Å². The van der Waals surface area contributed by atoms with Gasteiger partial charge in [-0.05, 0) is 43.2 Å². The first kappa shape index (κ1) is 13.1. The molecule has 1 aromatic rings. The summed E-state index contributed by atoms with van der Waals surface area (Å²) in [5.74, 6) is 0.732. The quantitative estimate of drug-likeness (QED) is 0.804. The van der Waals surface area contributed by atoms with Crippen LogP contribution in [0.3, 0.4) is 0 Å². The lowest BCUT2D eigenvalue weighted by Crippen LogP contribution is -2.36. The predicted octanol–water partition coefficient (Wildman–Crippen LogP) is 1.82. The monoisotopic (exact) mass is 246 g/mol. The van der Waals surface area contributed by atoms with Gasteiger partial charge in [0.25, 0.3) is 0 Å². The van der Waals surface area contributed by atoms with Gasteiger partial charge in [0.2, 0.25) is 5.91 Å². The van der Waals surface area contributed by atoms with Crippen LogP contribution >= 0.6 is 0 Å². The van der Waals surface area contributed by atoms with Crippen LogP contribution < -0.4 is 11.1 Å². The fourth-order valence-electron chi connectivity index (χ4n) is 2.23. The average Bonchev–Trinajstić information content (AvgIpc) is 3.21. The summed E-state index contributed by atoms with van der Waals surface area (Å²) in [6.45, 7) is 2.99. The molecule has 1 amide bonds. The maximum absolute atomic E-state index is 11.8. The Balaban J connectivity index is 1.95. The second-order valence-electron chi connectivity index (χ2n) is 5.05. The SMILES string of the molecule is CCNC(=O)C(CN)Cc1ccc(C2CC2)cc1. The van der Waals surface area contributed by atoms with Crippen molar-refractivity contribution in [2.75, 3.05) is 13.1 Å². The summed E-state index contributed by atoms with van der Waals surface area (Å²) in [5, 5.41) is 2.84. The lowest BCUT2D eigenvalue weighted by molar-refractivity contribution is -0.124. The molecule has 18 heavy (non-hydrogen) atoms. The Morgan fingerprint density at radius 1 is 1.39 bits per heavy atom. The maximum Gasteiger partial charge on any atom is 0.224 e. The van der Waals surface area contributed by atoms with Gasteiger partial charge in [-0.15, -0.1) is 0 Å². The van der Waals surface area contributed by atoms with E-state index in [4.69, 9.17) is 5.73 Å². The van der Waals surface area contributed by atoms with Crippen molar-refractivity contribution in [1.82, 2.24) is 5.32 Å². The standard InChI is InChI=1S/C15H22N2O/c1-2-17-15(18)14(10-16)9-11-3-5-12(6-4-11)13-7-8-13/h3-6,13-14H,2,7-10,16H2,1H3,(H,17,18). The summed E-state index contributed by atoms with van der Waals surface area (Å²) in [6.07, 6.45) is 3.38. The Morgan fingerprint density at radius 3 is 2.56 bits per heavy atom. The third-order valence-electron chi connectivity index (χ3n) is 3.52. The molecule has 1 aromatic carbocycles. The number of amides is 1. The summed E-state index contributed by atoms with van der Waals surface area (Å²) in [6, 6.07) is 8.65. The van der Waals surface area contributed by atoms with Crippen LogP contribution in [0.2, 0.25) is 0 Å². The van der Waals surface area contributed by atoms with Crippen LogP contribution in [0.5, 0.6) is 0 Å². The zero-order valence-corrected chi connectivity index (χ0v) is 11.0. The Bertz CT molecular complexity index is 395. The number of rotatable bonds is 6. The normalized spacial score (nSPS) is 16.3. The molecule has 1 unspecified atom stereocenters. The van der Waals surface area contributed by atoms with Crippen LogP contribution in [0.4, 0.5) is 0 Å². The van der Waals surface area contributed by atoms with Gasteiger partial charge >= 0.3 is 0 Å². The highest BCUT2D eigenvalue weighted by Gasteiger charge is 2.23. The lowest BCUT2D eigenvalue weighted by atomic mass is 9.97. The zero-order chi connectivity index (χ0) is 13.0. The van der Waals surface area contributed by atoms with Crippen molar-refractivity contribution < 1.29 is 4.79 Å². The molecule has 3 N–H and O–H groups in total. The lowest BCUT2D eigenvalue weighted by Gasteiger charge is -2.14. The molecule has 0 spiro atoms. The molecule has 0 aromatic heterocycles. The van der Waals surface area contributed by atoms with Crippen LogP contribution in [-0.2, 0) is 11.2 Å². The number of nitrogens with one attached hydrogen (secondary N) is 1. The van der Waals surface area contributed by atoms with E-state index in [1.54, 1.807) is 0 Å². The van der Waals surface area contributed by atoms with E-state index in [9.17, 15) is 4.79 Å². The van der Waals surface area contributed by atoms with E-state index >= 15 is 0 Å². The highest BCUT2D eigenvalue weighted by atomic mass is 16.1. The third-order valence-corrected chi connectivity index (χ3v) is 3.52. The first-order valence-corrected chi connectivity index (χ1v) is 6.81. The fraction of sp³-hybridized carbons (Fsp3) is 0.533. The van der Waals surface area contributed by atoms with Crippen LogP contribution in [-0.4, -0.2) is 19.0 Å². The van der Waals surface area contributed by atoms with E-state index in [0.717, 1.165) is 12.3 Å². The second-order valence-corrected chi connectivity index (χ2v) is 5.05. The van der Waals surface area contributed by atoms with E-state index < -0.39 is 0 Å². The minimum Gasteiger partial charge on any atom is -0.356 e. The molecule has 2 rings (SSSR count). The summed E-state index contributed by atoms with van der Waals surface area (Å²) in [7, 11) is 0. The van der Waals surface area contributed by atoms with Crippen LogP contribution in [0.1, 0.15) is 36.8 Å². The molecule has 1 aliphatic rings. The van der Waals surface area contributed by atoms with Crippen LogP contribution in [0.15, 0.2) is 24.3 Å². The predicted molar refractivity (Wildman–Crippen MR) is 73.3 cm³/mol. The number of nitrogens with two attached hydrogens (primary N) is 1. The van der Waals surface area contributed by atoms with Gasteiger partial charge in [-0.25, -0.2) is 0 Å². The van der Waals surface area contributed by atoms with Gasteiger partial charge in [-0.3, -0.25) is 4.79 Å². The Morgan fingerprint density at radius 2 is 2.06 bits per heavy atom. The van der Waals surface area contributed by atoms with Crippen molar-refractivity contribution in [1.29, 1.82) is 0 Å². The summed E-state index contributed by atoms with van der Waals surface area (Å²) < 4.78 is 0. The molecule has 0 bridgehead atoms. The molecular formula is C15H22N2O. The fourth-order valence-corrected chi connectivity index (χ4v) is 2.23. The van der Waals surface area contributed by atoms with Crippen LogP contribution in [0, 0.1) is 5.92 Å². The second kappa shape index (κ2) is 6.01. The Hall–Kier alpha value is -1.35. The van der Waals surface area contributed by atoms with Gasteiger partial charge in [0.15, 0.2) is 0 Å². The molecule has 98 valence electrons. The third kappa shape index (κ3) is 3.33. The van der Waals surface area contributed by atoms with Crippen molar-refractivity contribution in [2.24, 2.45) is 11.7 Å². The van der Waals surface area contributed by atoms with Gasteiger partial charge in [-0.2, -0.15) is 0 Å². The maximum atomic E-state index is 11.8. The topological polar surface area (TPSA) is 55.1 Å². The minimum absolute atomic E-state index is 0.0614. The molecule has 0 heterocycles. The van der Waals surface area contributed by atoms with Gasteiger partial charge < -0.3 is 11.1 Å². The summed E-state index contributed by atoms with van der Waals surface area (Å²) in [4.78, 5) is 11.8. The van der Waals surface area contributed by atoms with Gasteiger partial charge in [0.05, 0.1) is 5.92 Å². The van der Waals surface area contributed by atoms with E-state index in [1.165, 1.54) is 24.0 Å². The highest BCUT2D eigenvalue weighted by Crippen LogP contribution is 2.39. The van der Waals surface area contributed by atoms with Crippen molar-refractivity contribution >= 4 is 5.91 Å². The van der Waals surface area contributed by atoms with Crippen molar-refractivity contribution in [3.8, 4) is 0 Å². The Kier molecular flexibility index (Phi) is 4.37. The van der Waals surface area contributed by atoms with Gasteiger partial charge in [0.1, 0.15) is 0 Å². The number of benzene rings is 1. The number of carbonyl (C=O) groups is 1. The molecule has 0 aliphatic heterocycles. The molecule has 1 aliphatic carbocycles. The smallest absolute Gasteiger partial charge is 0.224 e. The van der Waals surface area contributed by atoms with Crippen molar-refractivity contribution in [3.05, 3.63) is 35.4 Å². The minimum atomic E-state index is -0.114. The van der Waals surface area contributed by atoms with E-state index in [-0.39, 0.29) is 11.8 Å². The average molecular weight is 246 g/mol. The molecule has 1 atom stereocenters. The van der Waals surface area contributed by atoms with E-state index in [2.05, 4.69) is 29.6 Å². The summed E-state index contributed by atoms with van der Waals surface area (Å²) in [5.41, 5.74) is 8.31. The molecule has 3 heteroatoms. The molecule has 0 saturated heterocycles. The highest BCUT2D eigenvalue weighted by molar-refractivity contribution is 5.79. The molecular weight excluding hydrogens is 224 g/mol. The molecule has 1 fully saturated rings. The first-order chi connectivity index (χ1) is 8.74. The first-order valence-electron chi connectivity index (χ1n) is 6.81. The van der Waals surface area contributed by atoms with Gasteiger partial charge in [-0.1, -0.05) is 24.3 Å². The molecule has 3 nitrogen and oxygen atoms in total. The zero-order valence-electron chi connectivity index (χ0n) is 11.0. The number of carbonyl (C=O) groups excluding carboxylic acids is 1.